The van der Waals surface area contributed by atoms with E-state index >= 15 is 0 Å². The molecule has 1 heterocycles. The van der Waals surface area contributed by atoms with Gasteiger partial charge in [0.1, 0.15) is 0 Å². The van der Waals surface area contributed by atoms with Crippen LogP contribution in [0.3, 0.4) is 0 Å². The van der Waals surface area contributed by atoms with Gasteiger partial charge in [0, 0.05) is 30.8 Å². The van der Waals surface area contributed by atoms with Crippen LogP contribution in [0.1, 0.15) is 41.6 Å². The van der Waals surface area contributed by atoms with Crippen LogP contribution in [0.5, 0.6) is 0 Å². The van der Waals surface area contributed by atoms with E-state index in [0.717, 1.165) is 38.8 Å². The molecule has 1 N–H and O–H groups in total. The third-order valence-electron chi connectivity index (χ3n) is 4.50. The minimum atomic E-state index is -0.0123. The standard InChI is InChI=1S/C21H24N2O2/c24-20(13-6-10-17-8-2-1-3-9-17)22-19-12-7-11-18(16-19)21(25)23-14-4-5-15-23/h1-3,7-9,11-12,16H,4-6,10,13-15H2,(H,22,24). The highest BCUT2D eigenvalue weighted by Gasteiger charge is 2.19. The van der Waals surface area contributed by atoms with Gasteiger partial charge in [0.2, 0.25) is 5.91 Å². The van der Waals surface area contributed by atoms with Gasteiger partial charge in [-0.05, 0) is 49.4 Å². The number of benzene rings is 2. The molecule has 0 unspecified atom stereocenters. The zero-order valence-corrected chi connectivity index (χ0v) is 14.4. The fraction of sp³-hybridized carbons (Fsp3) is 0.333. The topological polar surface area (TPSA) is 49.4 Å². The van der Waals surface area contributed by atoms with E-state index in [0.29, 0.717) is 17.7 Å². The minimum absolute atomic E-state index is 0.0123. The fourth-order valence-corrected chi connectivity index (χ4v) is 3.15. The van der Waals surface area contributed by atoms with Crippen LogP contribution in [0.25, 0.3) is 0 Å². The zero-order valence-electron chi connectivity index (χ0n) is 14.4. The number of anilines is 1. The third kappa shape index (κ3) is 4.92. The molecule has 1 aliphatic rings. The summed E-state index contributed by atoms with van der Waals surface area (Å²) in [5, 5.41) is 2.90. The van der Waals surface area contributed by atoms with Gasteiger partial charge < -0.3 is 10.2 Å². The molecule has 0 spiro atoms. The lowest BCUT2D eigenvalue weighted by atomic mass is 10.1. The maximum atomic E-state index is 12.4. The molecule has 4 heteroatoms. The summed E-state index contributed by atoms with van der Waals surface area (Å²) >= 11 is 0. The summed E-state index contributed by atoms with van der Waals surface area (Å²) in [7, 11) is 0. The normalized spacial score (nSPS) is 13.7. The van der Waals surface area contributed by atoms with E-state index < -0.39 is 0 Å². The molecule has 3 rings (SSSR count). The van der Waals surface area contributed by atoms with Crippen molar-refractivity contribution in [1.29, 1.82) is 0 Å². The van der Waals surface area contributed by atoms with Crippen molar-refractivity contribution in [1.82, 2.24) is 4.90 Å². The second-order valence-corrected chi connectivity index (χ2v) is 6.47. The molecule has 0 saturated carbocycles. The fourth-order valence-electron chi connectivity index (χ4n) is 3.15. The van der Waals surface area contributed by atoms with Crippen LogP contribution in [0.15, 0.2) is 54.6 Å². The average molecular weight is 336 g/mol. The van der Waals surface area contributed by atoms with E-state index in [1.165, 1.54) is 5.56 Å². The van der Waals surface area contributed by atoms with Crippen LogP contribution in [0, 0.1) is 0 Å². The second kappa shape index (κ2) is 8.47. The number of nitrogens with zero attached hydrogens (tertiary/aromatic N) is 1. The van der Waals surface area contributed by atoms with Crippen molar-refractivity contribution in [2.24, 2.45) is 0 Å². The first-order chi connectivity index (χ1) is 12.2. The summed E-state index contributed by atoms with van der Waals surface area (Å²) in [4.78, 5) is 26.4. The number of nitrogens with one attached hydrogen (secondary N) is 1. The predicted octanol–water partition coefficient (Wildman–Crippen LogP) is 3.88. The van der Waals surface area contributed by atoms with Crippen molar-refractivity contribution in [2.45, 2.75) is 32.1 Å². The smallest absolute Gasteiger partial charge is 0.253 e. The first-order valence-electron chi connectivity index (χ1n) is 8.95. The Balaban J connectivity index is 1.51. The van der Waals surface area contributed by atoms with Crippen molar-refractivity contribution in [3.63, 3.8) is 0 Å². The number of carbonyl (C=O) groups excluding carboxylic acids is 2. The molecule has 1 saturated heterocycles. The summed E-state index contributed by atoms with van der Waals surface area (Å²) < 4.78 is 0. The molecule has 4 nitrogen and oxygen atoms in total. The lowest BCUT2D eigenvalue weighted by molar-refractivity contribution is -0.116. The molecule has 130 valence electrons. The number of likely N-dealkylation sites (tertiary alicyclic amines) is 1. The summed E-state index contributed by atoms with van der Waals surface area (Å²) in [6.45, 7) is 1.66. The monoisotopic (exact) mass is 336 g/mol. The number of carbonyl (C=O) groups is 2. The van der Waals surface area contributed by atoms with Crippen LogP contribution >= 0.6 is 0 Å². The van der Waals surface area contributed by atoms with Gasteiger partial charge >= 0.3 is 0 Å². The molecule has 0 bridgehead atoms. The Kier molecular flexibility index (Phi) is 5.83. The molecule has 0 aromatic heterocycles. The van der Waals surface area contributed by atoms with E-state index in [1.54, 1.807) is 6.07 Å². The van der Waals surface area contributed by atoms with E-state index in [1.807, 2.05) is 41.3 Å². The number of amides is 2. The SMILES string of the molecule is O=C(CCCc1ccccc1)Nc1cccc(C(=O)N2CCCC2)c1. The van der Waals surface area contributed by atoms with Crippen molar-refractivity contribution in [2.75, 3.05) is 18.4 Å². The Bertz CT molecular complexity index is 722. The molecular formula is C21H24N2O2. The Labute approximate surface area is 148 Å². The lowest BCUT2D eigenvalue weighted by Crippen LogP contribution is -2.27. The van der Waals surface area contributed by atoms with Gasteiger partial charge in [0.25, 0.3) is 5.91 Å². The predicted molar refractivity (Wildman–Crippen MR) is 99.6 cm³/mol. The van der Waals surface area contributed by atoms with Crippen LogP contribution < -0.4 is 5.32 Å². The Morgan fingerprint density at radius 1 is 0.960 bits per heavy atom. The molecule has 25 heavy (non-hydrogen) atoms. The number of hydrogen-bond acceptors (Lipinski definition) is 2. The zero-order chi connectivity index (χ0) is 17.5. The summed E-state index contributed by atoms with van der Waals surface area (Å²) in [5.74, 6) is 0.0411. The van der Waals surface area contributed by atoms with E-state index in [4.69, 9.17) is 0 Å². The van der Waals surface area contributed by atoms with Gasteiger partial charge in [-0.15, -0.1) is 0 Å². The summed E-state index contributed by atoms with van der Waals surface area (Å²) in [5.41, 5.74) is 2.58. The van der Waals surface area contributed by atoms with Gasteiger partial charge in [-0.25, -0.2) is 0 Å². The summed E-state index contributed by atoms with van der Waals surface area (Å²) in [6.07, 6.45) is 4.32. The van der Waals surface area contributed by atoms with Gasteiger partial charge in [-0.1, -0.05) is 36.4 Å². The molecule has 1 aliphatic heterocycles. The molecule has 0 aliphatic carbocycles. The minimum Gasteiger partial charge on any atom is -0.339 e. The molecule has 0 radical (unpaired) electrons. The van der Waals surface area contributed by atoms with Gasteiger partial charge in [-0.3, -0.25) is 9.59 Å². The number of aryl methyl sites for hydroxylation is 1. The maximum absolute atomic E-state index is 12.4. The van der Waals surface area contributed by atoms with Gasteiger partial charge in [0.05, 0.1) is 0 Å². The first kappa shape index (κ1) is 17.2. The van der Waals surface area contributed by atoms with Crippen LogP contribution in [-0.4, -0.2) is 29.8 Å². The lowest BCUT2D eigenvalue weighted by Gasteiger charge is -2.15. The largest absolute Gasteiger partial charge is 0.339 e. The molecule has 0 atom stereocenters. The average Bonchev–Trinajstić information content (AvgIpc) is 3.17. The van der Waals surface area contributed by atoms with E-state index in [2.05, 4.69) is 17.4 Å². The Hall–Kier alpha value is -2.62. The van der Waals surface area contributed by atoms with E-state index in [-0.39, 0.29) is 11.8 Å². The van der Waals surface area contributed by atoms with Crippen LogP contribution in [-0.2, 0) is 11.2 Å². The quantitative estimate of drug-likeness (QED) is 0.870. The van der Waals surface area contributed by atoms with E-state index in [9.17, 15) is 9.59 Å². The third-order valence-corrected chi connectivity index (χ3v) is 4.50. The van der Waals surface area contributed by atoms with Gasteiger partial charge in [-0.2, -0.15) is 0 Å². The molecule has 2 aromatic rings. The highest BCUT2D eigenvalue weighted by molar-refractivity contribution is 5.97. The molecule has 1 fully saturated rings. The highest BCUT2D eigenvalue weighted by atomic mass is 16.2. The Morgan fingerprint density at radius 3 is 2.48 bits per heavy atom. The second-order valence-electron chi connectivity index (χ2n) is 6.47. The number of hydrogen-bond donors (Lipinski definition) is 1. The van der Waals surface area contributed by atoms with Crippen LogP contribution in [0.4, 0.5) is 5.69 Å². The van der Waals surface area contributed by atoms with Gasteiger partial charge in [0.15, 0.2) is 0 Å². The van der Waals surface area contributed by atoms with Crippen LogP contribution in [0.2, 0.25) is 0 Å². The molecule has 2 aromatic carbocycles. The summed E-state index contributed by atoms with van der Waals surface area (Å²) in [6, 6.07) is 17.4. The highest BCUT2D eigenvalue weighted by Crippen LogP contribution is 2.17. The maximum Gasteiger partial charge on any atom is 0.253 e. The molecular weight excluding hydrogens is 312 g/mol. The van der Waals surface area contributed by atoms with Crippen molar-refractivity contribution >= 4 is 17.5 Å². The Morgan fingerprint density at radius 2 is 1.72 bits per heavy atom. The van der Waals surface area contributed by atoms with Crippen molar-refractivity contribution in [3.8, 4) is 0 Å². The number of rotatable bonds is 6. The first-order valence-corrected chi connectivity index (χ1v) is 8.95. The van der Waals surface area contributed by atoms with Crippen molar-refractivity contribution in [3.05, 3.63) is 65.7 Å². The molecule has 2 amide bonds. The van der Waals surface area contributed by atoms with Crippen molar-refractivity contribution < 1.29 is 9.59 Å².